The Morgan fingerprint density at radius 2 is 2.14 bits per heavy atom. The van der Waals surface area contributed by atoms with Crippen LogP contribution in [0, 0.1) is 5.92 Å². The van der Waals surface area contributed by atoms with Crippen LogP contribution in [-0.4, -0.2) is 29.6 Å². The minimum absolute atomic E-state index is 0.0250. The predicted molar refractivity (Wildman–Crippen MR) is 81.4 cm³/mol. The van der Waals surface area contributed by atoms with Crippen LogP contribution in [-0.2, 0) is 4.79 Å². The van der Waals surface area contributed by atoms with E-state index in [1.807, 2.05) is 0 Å². The molecule has 0 aliphatic heterocycles. The van der Waals surface area contributed by atoms with Crippen molar-refractivity contribution in [2.24, 2.45) is 5.92 Å². The molecule has 0 heterocycles. The van der Waals surface area contributed by atoms with Gasteiger partial charge in [0.2, 0.25) is 5.91 Å². The third-order valence-corrected chi connectivity index (χ3v) is 3.81. The van der Waals surface area contributed by atoms with Crippen LogP contribution in [0.2, 0.25) is 5.02 Å². The Labute approximate surface area is 128 Å². The minimum Gasteiger partial charge on any atom is -0.396 e. The number of carbonyl (C=O) groups is 2. The second-order valence-corrected chi connectivity index (χ2v) is 5.71. The zero-order valence-corrected chi connectivity index (χ0v) is 12.6. The number of aliphatic hydroxyl groups is 1. The smallest absolute Gasteiger partial charge is 0.253 e. The Kier molecular flexibility index (Phi) is 5.20. The number of carbonyl (C=O) groups excluding carboxylic acids is 2. The van der Waals surface area contributed by atoms with Crippen LogP contribution in [0.1, 0.15) is 36.5 Å². The molecule has 3 N–H and O–H groups in total. The fraction of sp³-hybridized carbons (Fsp3) is 0.467. The summed E-state index contributed by atoms with van der Waals surface area (Å²) in [5.41, 5.74) is 0.855. The molecule has 0 radical (unpaired) electrons. The SMILES string of the molecule is CC(=O)Nc1ccc(Cl)c(C(=O)NC(CCO)C2CC2)c1. The van der Waals surface area contributed by atoms with Crippen LogP contribution >= 0.6 is 11.6 Å². The van der Waals surface area contributed by atoms with E-state index in [2.05, 4.69) is 10.6 Å². The lowest BCUT2D eigenvalue weighted by molar-refractivity contribution is -0.114. The van der Waals surface area contributed by atoms with E-state index in [4.69, 9.17) is 16.7 Å². The van der Waals surface area contributed by atoms with Crippen molar-refractivity contribution in [3.63, 3.8) is 0 Å². The average molecular weight is 311 g/mol. The molecule has 1 aromatic carbocycles. The van der Waals surface area contributed by atoms with Gasteiger partial charge in [-0.2, -0.15) is 0 Å². The first kappa shape index (κ1) is 15.8. The second kappa shape index (κ2) is 6.91. The Morgan fingerprint density at radius 3 is 2.71 bits per heavy atom. The highest BCUT2D eigenvalue weighted by Crippen LogP contribution is 2.34. The molecule has 114 valence electrons. The molecule has 2 rings (SSSR count). The molecule has 1 unspecified atom stereocenters. The van der Waals surface area contributed by atoms with Crippen molar-refractivity contribution in [3.05, 3.63) is 28.8 Å². The zero-order valence-electron chi connectivity index (χ0n) is 11.9. The van der Waals surface area contributed by atoms with Crippen molar-refractivity contribution in [1.29, 1.82) is 0 Å². The topological polar surface area (TPSA) is 78.4 Å². The van der Waals surface area contributed by atoms with Crippen molar-refractivity contribution >= 4 is 29.1 Å². The van der Waals surface area contributed by atoms with Gasteiger partial charge >= 0.3 is 0 Å². The highest BCUT2D eigenvalue weighted by molar-refractivity contribution is 6.34. The third kappa shape index (κ3) is 4.44. The van der Waals surface area contributed by atoms with Crippen LogP contribution in [0.15, 0.2) is 18.2 Å². The van der Waals surface area contributed by atoms with E-state index in [1.165, 1.54) is 6.92 Å². The maximum absolute atomic E-state index is 12.3. The molecule has 0 bridgehead atoms. The molecule has 6 heteroatoms. The normalized spacial score (nSPS) is 15.4. The average Bonchev–Trinajstić information content (AvgIpc) is 3.24. The van der Waals surface area contributed by atoms with E-state index in [0.717, 1.165) is 12.8 Å². The van der Waals surface area contributed by atoms with Gasteiger partial charge in [0.05, 0.1) is 10.6 Å². The maximum atomic E-state index is 12.3. The molecule has 0 spiro atoms. The lowest BCUT2D eigenvalue weighted by Crippen LogP contribution is -2.37. The van der Waals surface area contributed by atoms with Gasteiger partial charge in [0, 0.05) is 25.3 Å². The number of hydrogen-bond acceptors (Lipinski definition) is 3. The second-order valence-electron chi connectivity index (χ2n) is 5.31. The molecule has 1 aliphatic rings. The highest BCUT2D eigenvalue weighted by Gasteiger charge is 2.32. The van der Waals surface area contributed by atoms with Crippen LogP contribution < -0.4 is 10.6 Å². The highest BCUT2D eigenvalue weighted by atomic mass is 35.5. The van der Waals surface area contributed by atoms with Crippen LogP contribution in [0.5, 0.6) is 0 Å². The van der Waals surface area contributed by atoms with Crippen LogP contribution in [0.4, 0.5) is 5.69 Å². The molecule has 21 heavy (non-hydrogen) atoms. The summed E-state index contributed by atoms with van der Waals surface area (Å²) in [6.45, 7) is 1.44. The molecular formula is C15H19ClN2O3. The molecule has 0 saturated heterocycles. The number of aliphatic hydroxyl groups excluding tert-OH is 1. The quantitative estimate of drug-likeness (QED) is 0.753. The fourth-order valence-corrected chi connectivity index (χ4v) is 2.49. The largest absolute Gasteiger partial charge is 0.396 e. The van der Waals surface area contributed by atoms with Crippen LogP contribution in [0.3, 0.4) is 0 Å². The fourth-order valence-electron chi connectivity index (χ4n) is 2.29. The predicted octanol–water partition coefficient (Wildman–Crippen LogP) is 2.19. The van der Waals surface area contributed by atoms with Crippen molar-refractivity contribution in [1.82, 2.24) is 5.32 Å². The number of halogens is 1. The van der Waals surface area contributed by atoms with E-state index in [0.29, 0.717) is 28.6 Å². The summed E-state index contributed by atoms with van der Waals surface area (Å²) in [4.78, 5) is 23.4. The Balaban J connectivity index is 2.11. The summed E-state index contributed by atoms with van der Waals surface area (Å²) in [5.74, 6) is -0.0456. The van der Waals surface area contributed by atoms with E-state index in [1.54, 1.807) is 18.2 Å². The Morgan fingerprint density at radius 1 is 1.43 bits per heavy atom. The number of anilines is 1. The van der Waals surface area contributed by atoms with Gasteiger partial charge in [0.1, 0.15) is 0 Å². The van der Waals surface area contributed by atoms with Crippen molar-refractivity contribution in [2.75, 3.05) is 11.9 Å². The first-order valence-electron chi connectivity index (χ1n) is 7.00. The van der Waals surface area contributed by atoms with E-state index >= 15 is 0 Å². The first-order chi connectivity index (χ1) is 10.0. The van der Waals surface area contributed by atoms with Crippen molar-refractivity contribution in [3.8, 4) is 0 Å². The molecular weight excluding hydrogens is 292 g/mol. The maximum Gasteiger partial charge on any atom is 0.253 e. The molecule has 1 aromatic rings. The summed E-state index contributed by atoms with van der Waals surface area (Å²) in [7, 11) is 0. The standard InChI is InChI=1S/C15H19ClN2O3/c1-9(20)17-11-4-5-13(16)12(8-11)15(21)18-14(6-7-19)10-2-3-10/h4-5,8,10,14,19H,2-3,6-7H2,1H3,(H,17,20)(H,18,21). The zero-order chi connectivity index (χ0) is 15.4. The summed E-state index contributed by atoms with van der Waals surface area (Å²) in [6, 6.07) is 4.76. The number of hydrogen-bond donors (Lipinski definition) is 3. The Hall–Kier alpha value is -1.59. The lowest BCUT2D eigenvalue weighted by Gasteiger charge is -2.18. The minimum atomic E-state index is -0.280. The van der Waals surface area contributed by atoms with Gasteiger partial charge in [-0.05, 0) is 43.4 Å². The molecule has 1 aliphatic carbocycles. The van der Waals surface area contributed by atoms with E-state index in [-0.39, 0.29) is 24.5 Å². The molecule has 5 nitrogen and oxygen atoms in total. The molecule has 0 aromatic heterocycles. The molecule has 2 amide bonds. The molecule has 1 atom stereocenters. The van der Waals surface area contributed by atoms with E-state index in [9.17, 15) is 9.59 Å². The van der Waals surface area contributed by atoms with Crippen LogP contribution in [0.25, 0.3) is 0 Å². The van der Waals surface area contributed by atoms with Gasteiger partial charge in [0.15, 0.2) is 0 Å². The van der Waals surface area contributed by atoms with Gasteiger partial charge < -0.3 is 15.7 Å². The van der Waals surface area contributed by atoms with Gasteiger partial charge in [-0.25, -0.2) is 0 Å². The summed E-state index contributed by atoms with van der Waals surface area (Å²) in [5, 5.41) is 14.9. The monoisotopic (exact) mass is 310 g/mol. The van der Waals surface area contributed by atoms with Crippen molar-refractivity contribution in [2.45, 2.75) is 32.2 Å². The van der Waals surface area contributed by atoms with Gasteiger partial charge in [-0.15, -0.1) is 0 Å². The third-order valence-electron chi connectivity index (χ3n) is 3.48. The summed E-state index contributed by atoms with van der Waals surface area (Å²) in [6.07, 6.45) is 2.69. The molecule has 1 fully saturated rings. The first-order valence-corrected chi connectivity index (χ1v) is 7.38. The summed E-state index contributed by atoms with van der Waals surface area (Å²) < 4.78 is 0. The number of rotatable bonds is 6. The number of amides is 2. The molecule has 1 saturated carbocycles. The van der Waals surface area contributed by atoms with Gasteiger partial charge in [-0.1, -0.05) is 11.6 Å². The lowest BCUT2D eigenvalue weighted by atomic mass is 10.1. The van der Waals surface area contributed by atoms with E-state index < -0.39 is 0 Å². The van der Waals surface area contributed by atoms with Gasteiger partial charge in [0.25, 0.3) is 5.91 Å². The number of benzene rings is 1. The number of nitrogens with one attached hydrogen (secondary N) is 2. The summed E-state index contributed by atoms with van der Waals surface area (Å²) >= 11 is 6.06. The Bertz CT molecular complexity index is 544. The van der Waals surface area contributed by atoms with Crippen molar-refractivity contribution < 1.29 is 14.7 Å². The van der Waals surface area contributed by atoms with Gasteiger partial charge in [-0.3, -0.25) is 9.59 Å².